The first kappa shape index (κ1) is 14.1. The standard InChI is InChI=1S/C13H10BrF2NOS/c14-10-2-1-3-13(17)9(10)7-19(18)8-4-5-11(15)12(16)6-8/h1-6H,7,17H2. The Kier molecular flexibility index (Phi) is 4.31. The summed E-state index contributed by atoms with van der Waals surface area (Å²) in [5.74, 6) is -1.83. The fourth-order valence-corrected chi connectivity index (χ4v) is 3.47. The lowest BCUT2D eigenvalue weighted by Gasteiger charge is -2.08. The van der Waals surface area contributed by atoms with Crippen molar-refractivity contribution >= 4 is 32.4 Å². The average Bonchev–Trinajstić information content (AvgIpc) is 2.37. The maximum absolute atomic E-state index is 13.1. The van der Waals surface area contributed by atoms with Crippen molar-refractivity contribution < 1.29 is 13.0 Å². The Bertz CT molecular complexity index is 628. The monoisotopic (exact) mass is 345 g/mol. The molecule has 19 heavy (non-hydrogen) atoms. The summed E-state index contributed by atoms with van der Waals surface area (Å²) in [5, 5.41) is 0. The van der Waals surface area contributed by atoms with Gasteiger partial charge in [0.2, 0.25) is 0 Å². The maximum Gasteiger partial charge on any atom is 0.160 e. The molecule has 0 amide bonds. The Morgan fingerprint density at radius 1 is 1.16 bits per heavy atom. The van der Waals surface area contributed by atoms with Gasteiger partial charge >= 0.3 is 0 Å². The molecule has 0 bridgehead atoms. The molecule has 0 aliphatic heterocycles. The molecule has 1 unspecified atom stereocenters. The van der Waals surface area contributed by atoms with E-state index in [0.717, 1.165) is 16.6 Å². The number of nitrogens with two attached hydrogens (primary N) is 1. The van der Waals surface area contributed by atoms with E-state index >= 15 is 0 Å². The van der Waals surface area contributed by atoms with Gasteiger partial charge in [0, 0.05) is 20.6 Å². The summed E-state index contributed by atoms with van der Waals surface area (Å²) in [6, 6.07) is 8.46. The summed E-state index contributed by atoms with van der Waals surface area (Å²) < 4.78 is 38.8. The molecule has 6 heteroatoms. The predicted octanol–water partition coefficient (Wildman–Crippen LogP) is 3.62. The Morgan fingerprint density at radius 2 is 1.89 bits per heavy atom. The second-order valence-electron chi connectivity index (χ2n) is 3.87. The van der Waals surface area contributed by atoms with E-state index in [4.69, 9.17) is 5.73 Å². The van der Waals surface area contributed by atoms with E-state index in [-0.39, 0.29) is 10.6 Å². The Hall–Kier alpha value is -1.27. The van der Waals surface area contributed by atoms with Crippen molar-refractivity contribution in [1.29, 1.82) is 0 Å². The average molecular weight is 346 g/mol. The first-order valence-corrected chi connectivity index (χ1v) is 7.46. The van der Waals surface area contributed by atoms with Crippen molar-refractivity contribution in [3.05, 3.63) is 58.1 Å². The molecular weight excluding hydrogens is 336 g/mol. The van der Waals surface area contributed by atoms with Crippen LogP contribution >= 0.6 is 15.9 Å². The van der Waals surface area contributed by atoms with Crippen LogP contribution in [-0.2, 0) is 16.6 Å². The highest BCUT2D eigenvalue weighted by Crippen LogP contribution is 2.26. The lowest BCUT2D eigenvalue weighted by molar-refractivity contribution is 0.505. The van der Waals surface area contributed by atoms with E-state index in [9.17, 15) is 13.0 Å². The minimum absolute atomic E-state index is 0.137. The molecule has 2 aromatic rings. The van der Waals surface area contributed by atoms with Crippen LogP contribution in [0, 0.1) is 11.6 Å². The lowest BCUT2D eigenvalue weighted by atomic mass is 10.2. The number of nitrogen functional groups attached to an aromatic ring is 1. The molecule has 0 heterocycles. The zero-order valence-electron chi connectivity index (χ0n) is 9.70. The molecule has 0 saturated carbocycles. The van der Waals surface area contributed by atoms with E-state index in [0.29, 0.717) is 11.3 Å². The van der Waals surface area contributed by atoms with E-state index in [2.05, 4.69) is 15.9 Å². The van der Waals surface area contributed by atoms with Gasteiger partial charge < -0.3 is 5.73 Å². The number of halogens is 3. The summed E-state index contributed by atoms with van der Waals surface area (Å²) in [7, 11) is -1.49. The minimum atomic E-state index is -1.49. The van der Waals surface area contributed by atoms with Crippen LogP contribution in [0.1, 0.15) is 5.56 Å². The third-order valence-electron chi connectivity index (χ3n) is 2.58. The van der Waals surface area contributed by atoms with Gasteiger partial charge in [0.05, 0.1) is 16.6 Å². The molecule has 0 aliphatic carbocycles. The number of anilines is 1. The number of rotatable bonds is 3. The number of benzene rings is 2. The topological polar surface area (TPSA) is 43.1 Å². The number of hydrogen-bond donors (Lipinski definition) is 1. The van der Waals surface area contributed by atoms with Crippen molar-refractivity contribution in [2.75, 3.05) is 5.73 Å². The van der Waals surface area contributed by atoms with E-state index in [1.165, 1.54) is 6.07 Å². The third kappa shape index (κ3) is 3.19. The first-order valence-electron chi connectivity index (χ1n) is 5.35. The van der Waals surface area contributed by atoms with Crippen LogP contribution < -0.4 is 5.73 Å². The molecular formula is C13H10BrF2NOS. The molecule has 2 aromatic carbocycles. The molecule has 0 aromatic heterocycles. The van der Waals surface area contributed by atoms with Crippen LogP contribution in [0.25, 0.3) is 0 Å². The second-order valence-corrected chi connectivity index (χ2v) is 6.18. The molecule has 2 N–H and O–H groups in total. The summed E-state index contributed by atoms with van der Waals surface area (Å²) >= 11 is 3.33. The highest BCUT2D eigenvalue weighted by atomic mass is 79.9. The quantitative estimate of drug-likeness (QED) is 0.863. The van der Waals surface area contributed by atoms with Crippen LogP contribution in [0.3, 0.4) is 0 Å². The van der Waals surface area contributed by atoms with Crippen LogP contribution in [0.4, 0.5) is 14.5 Å². The normalized spacial score (nSPS) is 12.4. The highest BCUT2D eigenvalue weighted by molar-refractivity contribution is 9.10. The van der Waals surface area contributed by atoms with Gasteiger partial charge in [-0.2, -0.15) is 0 Å². The number of hydrogen-bond acceptors (Lipinski definition) is 2. The smallest absolute Gasteiger partial charge is 0.160 e. The highest BCUT2D eigenvalue weighted by Gasteiger charge is 2.12. The zero-order valence-corrected chi connectivity index (χ0v) is 12.1. The molecule has 0 spiro atoms. The molecule has 1 atom stereocenters. The Labute approximate surface area is 120 Å². The molecule has 0 fully saturated rings. The molecule has 2 rings (SSSR count). The summed E-state index contributed by atoms with van der Waals surface area (Å²) in [5.41, 5.74) is 6.99. The fourth-order valence-electron chi connectivity index (χ4n) is 1.56. The largest absolute Gasteiger partial charge is 0.398 e. The van der Waals surface area contributed by atoms with Gasteiger partial charge in [-0.3, -0.25) is 4.21 Å². The molecule has 2 nitrogen and oxygen atoms in total. The predicted molar refractivity (Wildman–Crippen MR) is 75.0 cm³/mol. The van der Waals surface area contributed by atoms with Crippen LogP contribution in [0.5, 0.6) is 0 Å². The molecule has 0 radical (unpaired) electrons. The molecule has 0 aliphatic rings. The second kappa shape index (κ2) is 5.79. The van der Waals surface area contributed by atoms with E-state index < -0.39 is 22.4 Å². The van der Waals surface area contributed by atoms with E-state index in [1.54, 1.807) is 18.2 Å². The summed E-state index contributed by atoms with van der Waals surface area (Å²) in [4.78, 5) is 0.231. The van der Waals surface area contributed by atoms with Gasteiger partial charge in [0.15, 0.2) is 11.6 Å². The van der Waals surface area contributed by atoms with Gasteiger partial charge in [-0.25, -0.2) is 8.78 Å². The van der Waals surface area contributed by atoms with E-state index in [1.807, 2.05) is 0 Å². The zero-order chi connectivity index (χ0) is 14.0. The third-order valence-corrected chi connectivity index (χ3v) is 4.66. The molecule has 0 saturated heterocycles. The van der Waals surface area contributed by atoms with Gasteiger partial charge in [0.1, 0.15) is 0 Å². The van der Waals surface area contributed by atoms with Crippen LogP contribution in [0.15, 0.2) is 45.8 Å². The summed E-state index contributed by atoms with van der Waals surface area (Å²) in [6.45, 7) is 0. The SMILES string of the molecule is Nc1cccc(Br)c1CS(=O)c1ccc(F)c(F)c1. The lowest BCUT2D eigenvalue weighted by Crippen LogP contribution is -2.02. The van der Waals surface area contributed by atoms with Crippen molar-refractivity contribution in [3.63, 3.8) is 0 Å². The van der Waals surface area contributed by atoms with Crippen molar-refractivity contribution in [2.45, 2.75) is 10.6 Å². The fraction of sp³-hybridized carbons (Fsp3) is 0.0769. The minimum Gasteiger partial charge on any atom is -0.398 e. The maximum atomic E-state index is 13.1. The van der Waals surface area contributed by atoms with Crippen LogP contribution in [-0.4, -0.2) is 4.21 Å². The van der Waals surface area contributed by atoms with Gasteiger partial charge in [-0.05, 0) is 30.3 Å². The van der Waals surface area contributed by atoms with Gasteiger partial charge in [-0.15, -0.1) is 0 Å². The van der Waals surface area contributed by atoms with Gasteiger partial charge in [-0.1, -0.05) is 22.0 Å². The molecule has 100 valence electrons. The Balaban J connectivity index is 2.28. The van der Waals surface area contributed by atoms with Crippen molar-refractivity contribution in [2.24, 2.45) is 0 Å². The van der Waals surface area contributed by atoms with Crippen molar-refractivity contribution in [3.8, 4) is 0 Å². The Morgan fingerprint density at radius 3 is 2.53 bits per heavy atom. The summed E-state index contributed by atoms with van der Waals surface area (Å²) in [6.07, 6.45) is 0. The van der Waals surface area contributed by atoms with Crippen molar-refractivity contribution in [1.82, 2.24) is 0 Å². The van der Waals surface area contributed by atoms with Gasteiger partial charge in [0.25, 0.3) is 0 Å². The first-order chi connectivity index (χ1) is 8.99. The van der Waals surface area contributed by atoms with Crippen LogP contribution in [0.2, 0.25) is 0 Å².